The van der Waals surface area contributed by atoms with Gasteiger partial charge in [-0.15, -0.1) is 0 Å². The van der Waals surface area contributed by atoms with Gasteiger partial charge in [-0.25, -0.2) is 8.42 Å². The van der Waals surface area contributed by atoms with E-state index in [0.717, 1.165) is 19.6 Å². The van der Waals surface area contributed by atoms with E-state index in [4.69, 9.17) is 0 Å². The van der Waals surface area contributed by atoms with Gasteiger partial charge in [0.1, 0.15) is 0 Å². The summed E-state index contributed by atoms with van der Waals surface area (Å²) in [6, 6.07) is 23.9. The molecule has 6 heteroatoms. The van der Waals surface area contributed by atoms with Gasteiger partial charge in [0.2, 0.25) is 0 Å². The third kappa shape index (κ3) is 3.99. The fourth-order valence-corrected chi connectivity index (χ4v) is 5.57. The normalized spacial score (nSPS) is 17.3. The number of benzene rings is 3. The van der Waals surface area contributed by atoms with Crippen molar-refractivity contribution in [3.63, 3.8) is 0 Å². The number of piperazine rings is 1. The third-order valence-electron chi connectivity index (χ3n) is 6.14. The molecule has 0 bridgehead atoms. The van der Waals surface area contributed by atoms with Crippen molar-refractivity contribution in [1.29, 1.82) is 0 Å². The molecule has 2 aliphatic rings. The van der Waals surface area contributed by atoms with Crippen molar-refractivity contribution in [3.05, 3.63) is 94.9 Å². The van der Waals surface area contributed by atoms with E-state index < -0.39 is 9.84 Å². The van der Waals surface area contributed by atoms with Crippen LogP contribution < -0.4 is 0 Å². The van der Waals surface area contributed by atoms with E-state index in [1.54, 1.807) is 18.2 Å². The van der Waals surface area contributed by atoms with E-state index in [1.807, 2.05) is 23.1 Å². The SMILES string of the molecule is O=C(c1cccc2c1C=CS2(=O)=O)N1CCN(Cc2ccc(-c3ccccc3)cc2)CC1. The first-order valence-electron chi connectivity index (χ1n) is 10.7. The Morgan fingerprint density at radius 1 is 0.781 bits per heavy atom. The first-order valence-corrected chi connectivity index (χ1v) is 12.3. The number of nitrogens with zero attached hydrogens (tertiary/aromatic N) is 2. The van der Waals surface area contributed by atoms with Crippen LogP contribution in [0, 0.1) is 0 Å². The molecule has 32 heavy (non-hydrogen) atoms. The van der Waals surface area contributed by atoms with E-state index >= 15 is 0 Å². The summed E-state index contributed by atoms with van der Waals surface area (Å²) in [7, 11) is -3.42. The zero-order valence-corrected chi connectivity index (χ0v) is 18.5. The van der Waals surface area contributed by atoms with Gasteiger partial charge < -0.3 is 4.90 Å². The maximum absolute atomic E-state index is 13.1. The molecule has 1 saturated heterocycles. The van der Waals surface area contributed by atoms with Crippen LogP contribution in [0.4, 0.5) is 0 Å². The van der Waals surface area contributed by atoms with Crippen molar-refractivity contribution in [2.75, 3.05) is 26.2 Å². The lowest BCUT2D eigenvalue weighted by Crippen LogP contribution is -2.48. The molecule has 2 aliphatic heterocycles. The molecule has 0 spiro atoms. The second-order valence-electron chi connectivity index (χ2n) is 8.20. The number of fused-ring (bicyclic) bond motifs is 1. The first kappa shape index (κ1) is 20.7. The predicted molar refractivity (Wildman–Crippen MR) is 126 cm³/mol. The van der Waals surface area contributed by atoms with Gasteiger partial charge in [0.05, 0.1) is 4.90 Å². The lowest BCUT2D eigenvalue weighted by atomic mass is 10.0. The number of hydrogen-bond donors (Lipinski definition) is 0. The van der Waals surface area contributed by atoms with Crippen LogP contribution in [0.15, 0.2) is 83.1 Å². The standard InChI is InChI=1S/C26H24N2O3S/c29-26(24-7-4-8-25-23(24)13-18-32(25,30)31)28-16-14-27(15-17-28)19-20-9-11-22(12-10-20)21-5-2-1-3-6-21/h1-13,18H,14-17,19H2. The minimum absolute atomic E-state index is 0.101. The van der Waals surface area contributed by atoms with Crippen molar-refractivity contribution in [3.8, 4) is 11.1 Å². The molecule has 3 aromatic carbocycles. The molecule has 0 unspecified atom stereocenters. The maximum Gasteiger partial charge on any atom is 0.254 e. The van der Waals surface area contributed by atoms with Crippen LogP contribution in [0.5, 0.6) is 0 Å². The van der Waals surface area contributed by atoms with Gasteiger partial charge >= 0.3 is 0 Å². The molecular formula is C26H24N2O3S. The van der Waals surface area contributed by atoms with Crippen LogP contribution in [0.3, 0.4) is 0 Å². The highest BCUT2D eigenvalue weighted by atomic mass is 32.2. The average molecular weight is 445 g/mol. The highest BCUT2D eigenvalue weighted by Gasteiger charge is 2.28. The molecule has 0 aliphatic carbocycles. The van der Waals surface area contributed by atoms with Gasteiger partial charge in [0.15, 0.2) is 9.84 Å². The van der Waals surface area contributed by atoms with Crippen LogP contribution in [0.1, 0.15) is 21.5 Å². The Kier molecular flexibility index (Phi) is 5.41. The molecule has 0 atom stereocenters. The largest absolute Gasteiger partial charge is 0.336 e. The molecule has 0 aromatic heterocycles. The summed E-state index contributed by atoms with van der Waals surface area (Å²) in [6.45, 7) is 3.67. The number of sulfone groups is 1. The zero-order chi connectivity index (χ0) is 22.1. The predicted octanol–water partition coefficient (Wildman–Crippen LogP) is 4.07. The molecule has 0 radical (unpaired) electrons. The Morgan fingerprint density at radius 2 is 1.47 bits per heavy atom. The van der Waals surface area contributed by atoms with Crippen LogP contribution in [-0.2, 0) is 16.4 Å². The number of amides is 1. The number of carbonyl (C=O) groups excluding carboxylic acids is 1. The second-order valence-corrected chi connectivity index (χ2v) is 10.00. The van der Waals surface area contributed by atoms with Gasteiger partial charge in [-0.05, 0) is 34.9 Å². The summed E-state index contributed by atoms with van der Waals surface area (Å²) in [5.41, 5.74) is 4.64. The second kappa shape index (κ2) is 8.37. The van der Waals surface area contributed by atoms with Gasteiger partial charge in [-0.3, -0.25) is 9.69 Å². The Labute approximate surface area is 188 Å². The Bertz CT molecular complexity index is 1270. The van der Waals surface area contributed by atoms with Gasteiger partial charge in [-0.1, -0.05) is 60.7 Å². The molecule has 1 amide bonds. The van der Waals surface area contributed by atoms with E-state index in [-0.39, 0.29) is 10.8 Å². The molecule has 3 aromatic rings. The molecule has 5 rings (SSSR count). The zero-order valence-electron chi connectivity index (χ0n) is 17.6. The summed E-state index contributed by atoms with van der Waals surface area (Å²) in [5.74, 6) is -0.101. The summed E-state index contributed by atoms with van der Waals surface area (Å²) >= 11 is 0. The average Bonchev–Trinajstić information content (AvgIpc) is 3.15. The minimum Gasteiger partial charge on any atom is -0.336 e. The van der Waals surface area contributed by atoms with Crippen molar-refractivity contribution in [2.24, 2.45) is 0 Å². The van der Waals surface area contributed by atoms with E-state index in [1.165, 1.54) is 28.2 Å². The number of rotatable bonds is 4. The third-order valence-corrected chi connectivity index (χ3v) is 7.61. The minimum atomic E-state index is -3.42. The monoisotopic (exact) mass is 444 g/mol. The summed E-state index contributed by atoms with van der Waals surface area (Å²) in [6.07, 6.45) is 1.53. The molecule has 0 N–H and O–H groups in total. The Morgan fingerprint density at radius 3 is 2.19 bits per heavy atom. The van der Waals surface area contributed by atoms with E-state index in [0.29, 0.717) is 24.2 Å². The molecular weight excluding hydrogens is 420 g/mol. The van der Waals surface area contributed by atoms with Crippen molar-refractivity contribution in [1.82, 2.24) is 9.80 Å². The van der Waals surface area contributed by atoms with Gasteiger partial charge in [-0.2, -0.15) is 0 Å². The number of carbonyl (C=O) groups is 1. The van der Waals surface area contributed by atoms with Crippen LogP contribution in [-0.4, -0.2) is 50.3 Å². The van der Waals surface area contributed by atoms with Crippen LogP contribution >= 0.6 is 0 Å². The van der Waals surface area contributed by atoms with Gasteiger partial charge in [0, 0.05) is 49.3 Å². The first-order chi connectivity index (χ1) is 15.5. The van der Waals surface area contributed by atoms with Crippen molar-refractivity contribution < 1.29 is 13.2 Å². The number of hydrogen-bond acceptors (Lipinski definition) is 4. The summed E-state index contributed by atoms with van der Waals surface area (Å²) in [4.78, 5) is 17.5. The quantitative estimate of drug-likeness (QED) is 0.609. The van der Waals surface area contributed by atoms with Gasteiger partial charge in [0.25, 0.3) is 5.91 Å². The van der Waals surface area contributed by atoms with Crippen LogP contribution in [0.2, 0.25) is 0 Å². The summed E-state index contributed by atoms with van der Waals surface area (Å²) in [5, 5.41) is 1.18. The molecule has 0 saturated carbocycles. The van der Waals surface area contributed by atoms with Crippen molar-refractivity contribution in [2.45, 2.75) is 11.4 Å². The fourth-order valence-electron chi connectivity index (χ4n) is 4.35. The smallest absolute Gasteiger partial charge is 0.254 e. The lowest BCUT2D eigenvalue weighted by molar-refractivity contribution is 0.0628. The molecule has 162 valence electrons. The summed E-state index contributed by atoms with van der Waals surface area (Å²) < 4.78 is 24.2. The lowest BCUT2D eigenvalue weighted by Gasteiger charge is -2.35. The van der Waals surface area contributed by atoms with E-state index in [9.17, 15) is 13.2 Å². The highest BCUT2D eigenvalue weighted by Crippen LogP contribution is 2.30. The molecule has 5 nitrogen and oxygen atoms in total. The Balaban J connectivity index is 1.21. The van der Waals surface area contributed by atoms with E-state index in [2.05, 4.69) is 41.3 Å². The molecule has 2 heterocycles. The topological polar surface area (TPSA) is 57.7 Å². The Hall–Kier alpha value is -3.22. The van der Waals surface area contributed by atoms with Crippen molar-refractivity contribution >= 4 is 21.8 Å². The highest BCUT2D eigenvalue weighted by molar-refractivity contribution is 7.94. The fraction of sp³-hybridized carbons (Fsp3) is 0.192. The maximum atomic E-state index is 13.1. The molecule has 1 fully saturated rings. The van der Waals surface area contributed by atoms with Crippen LogP contribution in [0.25, 0.3) is 17.2 Å².